The van der Waals surface area contributed by atoms with Crippen molar-refractivity contribution in [2.45, 2.75) is 11.9 Å². The van der Waals surface area contributed by atoms with E-state index in [0.717, 1.165) is 12.1 Å². The lowest BCUT2D eigenvalue weighted by molar-refractivity contribution is -0.144. The average Bonchev–Trinajstić information content (AvgIpc) is 3.01. The smallest absolute Gasteiger partial charge is 0.449 e. The summed E-state index contributed by atoms with van der Waals surface area (Å²) in [5, 5.41) is 0. The van der Waals surface area contributed by atoms with Crippen molar-refractivity contribution in [2.24, 2.45) is 0 Å². The van der Waals surface area contributed by atoms with E-state index in [2.05, 4.69) is 9.97 Å². The highest BCUT2D eigenvalue weighted by Gasteiger charge is 2.36. The molecule has 1 unspecified atom stereocenters. The van der Waals surface area contributed by atoms with Gasteiger partial charge in [0.2, 0.25) is 5.82 Å². The van der Waals surface area contributed by atoms with Crippen molar-refractivity contribution in [3.63, 3.8) is 0 Å². The lowest BCUT2D eigenvalue weighted by atomic mass is 10.0. The first-order valence-corrected chi connectivity index (χ1v) is 8.57. The molecule has 1 heterocycles. The Bertz CT molecular complexity index is 935. The minimum Gasteiger partial charge on any atom is -0.772 e. The molecule has 26 heavy (non-hydrogen) atoms. The summed E-state index contributed by atoms with van der Waals surface area (Å²) in [6.45, 7) is 0. The van der Waals surface area contributed by atoms with Gasteiger partial charge in [-0.05, 0) is 29.8 Å². The Morgan fingerprint density at radius 2 is 1.58 bits per heavy atom. The van der Waals surface area contributed by atoms with Gasteiger partial charge in [-0.25, -0.2) is 9.37 Å². The Kier molecular flexibility index (Phi) is 4.92. The van der Waals surface area contributed by atoms with Gasteiger partial charge in [-0.3, -0.25) is 4.21 Å². The van der Waals surface area contributed by atoms with Crippen molar-refractivity contribution < 1.29 is 26.3 Å². The number of hydrogen-bond donors (Lipinski definition) is 1. The van der Waals surface area contributed by atoms with Gasteiger partial charge in [0.1, 0.15) is 5.82 Å². The van der Waals surface area contributed by atoms with Crippen molar-refractivity contribution in [1.82, 2.24) is 9.97 Å². The molecule has 1 atom stereocenters. The number of rotatable bonds is 4. The van der Waals surface area contributed by atoms with Gasteiger partial charge in [0, 0.05) is 16.9 Å². The molecule has 0 aliphatic carbocycles. The summed E-state index contributed by atoms with van der Waals surface area (Å²) in [4.78, 5) is 5.89. The summed E-state index contributed by atoms with van der Waals surface area (Å²) >= 11 is -2.27. The van der Waals surface area contributed by atoms with E-state index in [9.17, 15) is 26.3 Å². The molecule has 2 aromatic carbocycles. The van der Waals surface area contributed by atoms with Gasteiger partial charge >= 0.3 is 6.18 Å². The van der Waals surface area contributed by atoms with E-state index in [1.54, 1.807) is 0 Å². The summed E-state index contributed by atoms with van der Waals surface area (Å²) in [6.07, 6.45) is -4.67. The highest BCUT2D eigenvalue weighted by atomic mass is 32.2. The fourth-order valence-corrected chi connectivity index (χ4v) is 2.90. The molecule has 1 N–H and O–H groups in total. The summed E-state index contributed by atoms with van der Waals surface area (Å²) in [5.41, 5.74) is 1.35. The molecule has 0 spiro atoms. The van der Waals surface area contributed by atoms with Crippen molar-refractivity contribution >= 4 is 11.1 Å². The summed E-state index contributed by atoms with van der Waals surface area (Å²) in [5.74, 6) is -1.88. The topological polar surface area (TPSA) is 68.8 Å². The van der Waals surface area contributed by atoms with Gasteiger partial charge in [-0.1, -0.05) is 35.3 Å². The predicted octanol–water partition coefficient (Wildman–Crippen LogP) is 4.28. The Labute approximate surface area is 148 Å². The number of H-pyrrole nitrogens is 1. The molecule has 0 radical (unpaired) electrons. The molecular formula is C17H11F4N2O2S-. The van der Waals surface area contributed by atoms with Gasteiger partial charge < -0.3 is 9.54 Å². The van der Waals surface area contributed by atoms with Crippen LogP contribution in [-0.4, -0.2) is 18.7 Å². The van der Waals surface area contributed by atoms with E-state index in [4.69, 9.17) is 0 Å². The fraction of sp³-hybridized carbons (Fsp3) is 0.118. The molecule has 0 fully saturated rings. The number of halogens is 4. The lowest BCUT2D eigenvalue weighted by Crippen LogP contribution is -2.07. The zero-order valence-corrected chi connectivity index (χ0v) is 13.8. The zero-order valence-electron chi connectivity index (χ0n) is 13.0. The van der Waals surface area contributed by atoms with Crippen molar-refractivity contribution in [3.05, 3.63) is 65.7 Å². The molecular weight excluding hydrogens is 372 g/mol. The van der Waals surface area contributed by atoms with E-state index in [1.165, 1.54) is 36.4 Å². The van der Waals surface area contributed by atoms with Crippen LogP contribution in [0, 0.1) is 5.82 Å². The average molecular weight is 383 g/mol. The van der Waals surface area contributed by atoms with Gasteiger partial charge in [0.15, 0.2) is 0 Å². The highest BCUT2D eigenvalue weighted by molar-refractivity contribution is 7.78. The quantitative estimate of drug-likeness (QED) is 0.540. The second-order valence-electron chi connectivity index (χ2n) is 5.46. The van der Waals surface area contributed by atoms with E-state index in [-0.39, 0.29) is 17.1 Å². The van der Waals surface area contributed by atoms with Gasteiger partial charge in [0.05, 0.1) is 11.4 Å². The molecule has 1 aromatic heterocycles. The number of alkyl halides is 3. The van der Waals surface area contributed by atoms with E-state index >= 15 is 0 Å². The van der Waals surface area contributed by atoms with Crippen LogP contribution in [0.15, 0.2) is 48.5 Å². The Morgan fingerprint density at radius 1 is 1.00 bits per heavy atom. The van der Waals surface area contributed by atoms with Crippen LogP contribution in [0.3, 0.4) is 0 Å². The van der Waals surface area contributed by atoms with E-state index in [0.29, 0.717) is 16.7 Å². The second kappa shape index (κ2) is 7.00. The molecule has 4 nitrogen and oxygen atoms in total. The number of benzene rings is 2. The molecule has 0 bridgehead atoms. The van der Waals surface area contributed by atoms with Crippen molar-refractivity contribution in [1.29, 1.82) is 0 Å². The van der Waals surface area contributed by atoms with Gasteiger partial charge in [-0.2, -0.15) is 13.2 Å². The molecule has 3 rings (SSSR count). The third kappa shape index (κ3) is 4.00. The first-order valence-electron chi connectivity index (χ1n) is 7.32. The largest absolute Gasteiger partial charge is 0.772 e. The summed E-state index contributed by atoms with van der Waals surface area (Å²) < 4.78 is 73.8. The van der Waals surface area contributed by atoms with E-state index < -0.39 is 28.9 Å². The minimum absolute atomic E-state index is 0.0254. The second-order valence-corrected chi connectivity index (χ2v) is 6.35. The predicted molar refractivity (Wildman–Crippen MR) is 87.0 cm³/mol. The number of imidazole rings is 1. The van der Waals surface area contributed by atoms with Crippen LogP contribution in [0.1, 0.15) is 11.4 Å². The standard InChI is InChI=1S/C17H12F4N2O2S/c18-13-7-5-12(6-8-13)15-14(22-16(23-15)17(19,20)21)11-3-1-10(2-4-11)9-26(24)25/h1-8H,9H2,(H,22,23)(H,24,25)/p-1. The number of aromatic amines is 1. The zero-order chi connectivity index (χ0) is 18.9. The molecule has 9 heteroatoms. The first kappa shape index (κ1) is 18.3. The minimum atomic E-state index is -4.67. The van der Waals surface area contributed by atoms with Gasteiger partial charge in [-0.15, -0.1) is 0 Å². The van der Waals surface area contributed by atoms with E-state index in [1.807, 2.05) is 0 Å². The van der Waals surface area contributed by atoms with Crippen LogP contribution in [0.25, 0.3) is 22.5 Å². The van der Waals surface area contributed by atoms with Crippen molar-refractivity contribution in [2.75, 3.05) is 0 Å². The Hall–Kier alpha value is -2.52. The van der Waals surface area contributed by atoms with Crippen LogP contribution in [0.2, 0.25) is 0 Å². The SMILES string of the molecule is O=S([O-])Cc1ccc(-c2[nH]c(C(F)(F)F)nc2-c2ccc(F)cc2)cc1. The van der Waals surface area contributed by atoms with Gasteiger partial charge in [0.25, 0.3) is 0 Å². The van der Waals surface area contributed by atoms with Crippen LogP contribution >= 0.6 is 0 Å². The number of aromatic nitrogens is 2. The van der Waals surface area contributed by atoms with Crippen LogP contribution in [-0.2, 0) is 23.0 Å². The number of nitrogens with zero attached hydrogens (tertiary/aromatic N) is 1. The third-order valence-corrected chi connectivity index (χ3v) is 4.19. The first-order chi connectivity index (χ1) is 12.2. The number of nitrogens with one attached hydrogen (secondary N) is 1. The third-order valence-electron chi connectivity index (χ3n) is 3.62. The molecule has 0 saturated heterocycles. The molecule has 0 amide bonds. The Morgan fingerprint density at radius 3 is 2.12 bits per heavy atom. The summed E-state index contributed by atoms with van der Waals surface area (Å²) in [6, 6.07) is 11.0. The molecule has 136 valence electrons. The van der Waals surface area contributed by atoms with Crippen LogP contribution in [0.4, 0.5) is 17.6 Å². The highest BCUT2D eigenvalue weighted by Crippen LogP contribution is 2.35. The fourth-order valence-electron chi connectivity index (χ4n) is 2.44. The lowest BCUT2D eigenvalue weighted by Gasteiger charge is -2.07. The maximum Gasteiger partial charge on any atom is 0.449 e. The Balaban J connectivity index is 2.08. The van der Waals surface area contributed by atoms with Crippen molar-refractivity contribution in [3.8, 4) is 22.5 Å². The monoisotopic (exact) mass is 383 g/mol. The number of hydrogen-bond acceptors (Lipinski definition) is 3. The maximum absolute atomic E-state index is 13.1. The molecule has 0 saturated carbocycles. The normalized spacial score (nSPS) is 13.0. The van der Waals surface area contributed by atoms with Crippen LogP contribution < -0.4 is 0 Å². The maximum atomic E-state index is 13.1. The molecule has 3 aromatic rings. The summed E-state index contributed by atoms with van der Waals surface area (Å²) in [7, 11) is 0. The van der Waals surface area contributed by atoms with Crippen LogP contribution in [0.5, 0.6) is 0 Å². The molecule has 0 aliphatic rings. The molecule has 0 aliphatic heterocycles.